The first-order valence-electron chi connectivity index (χ1n) is 7.61. The third kappa shape index (κ3) is 2.48. The number of halogens is 3. The van der Waals surface area contributed by atoms with E-state index in [1.165, 1.54) is 0 Å². The molecule has 2 aliphatic carbocycles. The number of phenolic OH excluding ortho intramolecular Hbond substituents is 1. The van der Waals surface area contributed by atoms with Crippen LogP contribution in [-0.4, -0.2) is 16.7 Å². The van der Waals surface area contributed by atoms with Gasteiger partial charge in [-0.3, -0.25) is 4.79 Å². The van der Waals surface area contributed by atoms with Crippen molar-refractivity contribution in [2.75, 3.05) is 0 Å². The lowest BCUT2D eigenvalue weighted by Gasteiger charge is -2.33. The van der Waals surface area contributed by atoms with E-state index in [0.717, 1.165) is 12.1 Å². The number of hydrogen-bond donors (Lipinski definition) is 1. The average molecular weight is 328 g/mol. The lowest BCUT2D eigenvalue weighted by molar-refractivity contribution is -0.157. The van der Waals surface area contributed by atoms with Crippen LogP contribution in [0.3, 0.4) is 0 Å². The molecule has 0 radical (unpaired) electrons. The molecule has 0 amide bonds. The van der Waals surface area contributed by atoms with Gasteiger partial charge in [0.15, 0.2) is 11.6 Å². The van der Waals surface area contributed by atoms with E-state index in [1.54, 1.807) is 20.8 Å². The zero-order valence-electron chi connectivity index (χ0n) is 13.3. The number of benzene rings is 1. The van der Waals surface area contributed by atoms with E-state index < -0.39 is 52.4 Å². The van der Waals surface area contributed by atoms with Crippen LogP contribution in [0.4, 0.5) is 13.2 Å². The summed E-state index contributed by atoms with van der Waals surface area (Å²) in [6, 6.07) is 1.99. The Balaban J connectivity index is 2.02. The van der Waals surface area contributed by atoms with E-state index in [-0.39, 0.29) is 18.4 Å². The lowest BCUT2D eigenvalue weighted by Crippen LogP contribution is -2.33. The fourth-order valence-corrected chi connectivity index (χ4v) is 3.54. The summed E-state index contributed by atoms with van der Waals surface area (Å²) in [5.41, 5.74) is -2.32. The highest BCUT2D eigenvalue weighted by molar-refractivity contribution is 5.80. The van der Waals surface area contributed by atoms with Crippen molar-refractivity contribution >= 4 is 5.97 Å². The van der Waals surface area contributed by atoms with Crippen molar-refractivity contribution in [3.05, 3.63) is 29.1 Å². The van der Waals surface area contributed by atoms with E-state index >= 15 is 0 Å². The number of carbonyl (C=O) groups excluding carboxylic acids is 1. The van der Waals surface area contributed by atoms with Crippen molar-refractivity contribution in [3.63, 3.8) is 0 Å². The van der Waals surface area contributed by atoms with Gasteiger partial charge < -0.3 is 9.84 Å². The van der Waals surface area contributed by atoms with Gasteiger partial charge in [-0.25, -0.2) is 13.2 Å². The minimum Gasteiger partial charge on any atom is -0.505 e. The van der Waals surface area contributed by atoms with Crippen LogP contribution in [-0.2, 0) is 20.9 Å². The third-order valence-electron chi connectivity index (χ3n) is 4.67. The second-order valence-corrected chi connectivity index (χ2v) is 7.47. The highest BCUT2D eigenvalue weighted by Crippen LogP contribution is 2.65. The average Bonchev–Trinajstić information content (AvgIpc) is 3.12. The molecule has 3 nitrogen and oxygen atoms in total. The molecule has 126 valence electrons. The number of rotatable bonds is 1. The van der Waals surface area contributed by atoms with Crippen molar-refractivity contribution in [3.8, 4) is 5.75 Å². The topological polar surface area (TPSA) is 46.5 Å². The standard InChI is InChI=1S/C17H19F3O3/c1-15(2,3)23-14(22)10-8-16(10)6-7-17(19,20)9-4-5-11(21)13(18)12(9)16/h4-5,10,21H,6-8H2,1-3H3/t10-,16-/m0/s1. The fraction of sp³-hybridized carbons (Fsp3) is 0.588. The van der Waals surface area contributed by atoms with Gasteiger partial charge in [0.2, 0.25) is 0 Å². The molecule has 1 aromatic carbocycles. The first-order valence-corrected chi connectivity index (χ1v) is 7.61. The Kier molecular flexibility index (Phi) is 3.26. The molecule has 0 heterocycles. The summed E-state index contributed by atoms with van der Waals surface area (Å²) < 4.78 is 47.9. The minimum absolute atomic E-state index is 0.00270. The Bertz CT molecular complexity index is 678. The van der Waals surface area contributed by atoms with E-state index in [4.69, 9.17) is 4.74 Å². The molecule has 0 saturated heterocycles. The fourth-order valence-electron chi connectivity index (χ4n) is 3.54. The lowest BCUT2D eigenvalue weighted by atomic mass is 9.76. The first-order chi connectivity index (χ1) is 10.5. The molecular weight excluding hydrogens is 309 g/mol. The number of ether oxygens (including phenoxy) is 1. The van der Waals surface area contributed by atoms with Gasteiger partial charge in [0, 0.05) is 23.0 Å². The minimum atomic E-state index is -3.16. The summed E-state index contributed by atoms with van der Waals surface area (Å²) in [6.45, 7) is 5.15. The monoisotopic (exact) mass is 328 g/mol. The van der Waals surface area contributed by atoms with Gasteiger partial charge in [0.1, 0.15) is 5.60 Å². The van der Waals surface area contributed by atoms with Crippen LogP contribution in [0.15, 0.2) is 12.1 Å². The van der Waals surface area contributed by atoms with Crippen molar-refractivity contribution in [1.29, 1.82) is 0 Å². The molecule has 1 spiro atoms. The van der Waals surface area contributed by atoms with Crippen LogP contribution in [0.5, 0.6) is 5.75 Å². The van der Waals surface area contributed by atoms with Crippen LogP contribution in [0.1, 0.15) is 51.2 Å². The van der Waals surface area contributed by atoms with E-state index in [9.17, 15) is 23.1 Å². The molecular formula is C17H19F3O3. The van der Waals surface area contributed by atoms with E-state index in [1.807, 2.05) is 0 Å². The summed E-state index contributed by atoms with van der Waals surface area (Å²) in [6.07, 6.45) is -0.174. The molecule has 0 aromatic heterocycles. The highest BCUT2D eigenvalue weighted by Gasteiger charge is 2.66. The van der Waals surface area contributed by atoms with Crippen molar-refractivity contribution in [2.24, 2.45) is 5.92 Å². The number of hydrogen-bond acceptors (Lipinski definition) is 3. The maximum Gasteiger partial charge on any atom is 0.310 e. The van der Waals surface area contributed by atoms with E-state index in [2.05, 4.69) is 0 Å². The van der Waals surface area contributed by atoms with Crippen LogP contribution < -0.4 is 0 Å². The molecule has 3 rings (SSSR count). The second-order valence-electron chi connectivity index (χ2n) is 7.47. The molecule has 1 aromatic rings. The van der Waals surface area contributed by atoms with Crippen LogP contribution >= 0.6 is 0 Å². The van der Waals surface area contributed by atoms with Crippen LogP contribution in [0.2, 0.25) is 0 Å². The smallest absolute Gasteiger partial charge is 0.310 e. The molecule has 23 heavy (non-hydrogen) atoms. The van der Waals surface area contributed by atoms with Crippen LogP contribution in [0, 0.1) is 11.7 Å². The van der Waals surface area contributed by atoms with Gasteiger partial charge in [-0.1, -0.05) is 0 Å². The molecule has 1 fully saturated rings. The van der Waals surface area contributed by atoms with Gasteiger partial charge in [-0.15, -0.1) is 0 Å². The predicted octanol–water partition coefficient (Wildman–Crippen LogP) is 4.02. The summed E-state index contributed by atoms with van der Waals surface area (Å²) in [4.78, 5) is 12.3. The molecule has 6 heteroatoms. The maximum atomic E-state index is 14.4. The molecule has 1 N–H and O–H groups in total. The zero-order valence-corrected chi connectivity index (χ0v) is 13.3. The number of carbonyl (C=O) groups is 1. The van der Waals surface area contributed by atoms with Crippen molar-refractivity contribution < 1.29 is 27.8 Å². The molecule has 0 unspecified atom stereocenters. The Morgan fingerprint density at radius 3 is 2.57 bits per heavy atom. The number of esters is 1. The van der Waals surface area contributed by atoms with E-state index in [0.29, 0.717) is 0 Å². The SMILES string of the molecule is CC(C)(C)OC(=O)[C@@H]1C[C@@]12CCC(F)(F)c1ccc(O)c(F)c12. The maximum absolute atomic E-state index is 14.4. The predicted molar refractivity (Wildman–Crippen MR) is 76.8 cm³/mol. The Hall–Kier alpha value is -1.72. The van der Waals surface area contributed by atoms with Gasteiger partial charge >= 0.3 is 5.97 Å². The highest BCUT2D eigenvalue weighted by atomic mass is 19.3. The van der Waals surface area contributed by atoms with Crippen LogP contribution in [0.25, 0.3) is 0 Å². The van der Waals surface area contributed by atoms with Gasteiger partial charge in [-0.05, 0) is 45.7 Å². The number of alkyl halides is 2. The number of fused-ring (bicyclic) bond motifs is 2. The second kappa shape index (κ2) is 4.65. The summed E-state index contributed by atoms with van der Waals surface area (Å²) in [5.74, 6) is -6.02. The molecule has 0 bridgehead atoms. The quantitative estimate of drug-likeness (QED) is 0.792. The van der Waals surface area contributed by atoms with Gasteiger partial charge in [0.25, 0.3) is 5.92 Å². The Morgan fingerprint density at radius 2 is 1.96 bits per heavy atom. The third-order valence-corrected chi connectivity index (χ3v) is 4.67. The van der Waals surface area contributed by atoms with Gasteiger partial charge in [-0.2, -0.15) is 0 Å². The molecule has 2 aliphatic rings. The van der Waals surface area contributed by atoms with Gasteiger partial charge in [0.05, 0.1) is 5.92 Å². The largest absolute Gasteiger partial charge is 0.505 e. The summed E-state index contributed by atoms with van der Waals surface area (Å²) >= 11 is 0. The van der Waals surface area contributed by atoms with Crippen molar-refractivity contribution in [2.45, 2.75) is 57.0 Å². The zero-order chi connectivity index (χ0) is 17.2. The normalized spacial score (nSPS) is 28.3. The molecule has 1 saturated carbocycles. The van der Waals surface area contributed by atoms with Crippen molar-refractivity contribution in [1.82, 2.24) is 0 Å². The molecule has 2 atom stereocenters. The Morgan fingerprint density at radius 1 is 1.30 bits per heavy atom. The molecule has 0 aliphatic heterocycles. The first kappa shape index (κ1) is 16.1. The summed E-state index contributed by atoms with van der Waals surface area (Å²) in [7, 11) is 0. The Labute approximate surface area is 132 Å². The number of phenols is 1. The summed E-state index contributed by atoms with van der Waals surface area (Å²) in [5, 5.41) is 9.58. The number of aromatic hydroxyl groups is 1.